The molecule has 0 spiro atoms. The molecule has 1 rings (SSSR count). The Morgan fingerprint density at radius 3 is 2.35 bits per heavy atom. The van der Waals surface area contributed by atoms with E-state index < -0.39 is 0 Å². The quantitative estimate of drug-likeness (QED) is 0.693. The summed E-state index contributed by atoms with van der Waals surface area (Å²) < 4.78 is 0. The molecule has 0 saturated heterocycles. The summed E-state index contributed by atoms with van der Waals surface area (Å²) in [7, 11) is 0. The van der Waals surface area contributed by atoms with E-state index in [1.165, 1.54) is 57.9 Å². The molecule has 2 N–H and O–H groups in total. The maximum absolute atomic E-state index is 6.32. The molecule has 2 heteroatoms. The lowest BCUT2D eigenvalue weighted by atomic mass is 9.82. The predicted molar refractivity (Wildman–Crippen MR) is 90.0 cm³/mol. The molecule has 0 aromatic rings. The molecule has 0 radical (unpaired) electrons. The van der Waals surface area contributed by atoms with E-state index in [4.69, 9.17) is 5.73 Å². The van der Waals surface area contributed by atoms with Crippen molar-refractivity contribution in [2.24, 2.45) is 11.1 Å². The molecule has 0 bridgehead atoms. The molecule has 1 fully saturated rings. The van der Waals surface area contributed by atoms with Gasteiger partial charge in [-0.3, -0.25) is 4.90 Å². The van der Waals surface area contributed by atoms with Crippen LogP contribution in [-0.4, -0.2) is 29.6 Å². The molecule has 2 unspecified atom stereocenters. The van der Waals surface area contributed by atoms with Crippen molar-refractivity contribution in [1.29, 1.82) is 0 Å². The standard InChI is InChI=1S/C18H38N2/c1-6-8-14-20(16(3)7-2)18(15-19)11-9-10-17(4,5)12-13-18/h16H,6-15,19H2,1-5H3. The Labute approximate surface area is 127 Å². The van der Waals surface area contributed by atoms with Gasteiger partial charge in [0, 0.05) is 18.1 Å². The lowest BCUT2D eigenvalue weighted by Gasteiger charge is -2.47. The summed E-state index contributed by atoms with van der Waals surface area (Å²) >= 11 is 0. The van der Waals surface area contributed by atoms with Crippen molar-refractivity contribution >= 4 is 0 Å². The molecular formula is C18H38N2. The van der Waals surface area contributed by atoms with Crippen LogP contribution in [0, 0.1) is 5.41 Å². The van der Waals surface area contributed by atoms with Gasteiger partial charge in [-0.15, -0.1) is 0 Å². The average molecular weight is 283 g/mol. The fourth-order valence-electron chi connectivity index (χ4n) is 3.80. The van der Waals surface area contributed by atoms with Gasteiger partial charge in [-0.2, -0.15) is 0 Å². The Bertz CT molecular complexity index is 275. The molecule has 1 aliphatic carbocycles. The smallest absolute Gasteiger partial charge is 0.0334 e. The van der Waals surface area contributed by atoms with Crippen molar-refractivity contribution in [2.75, 3.05) is 13.1 Å². The van der Waals surface area contributed by atoms with Crippen LogP contribution >= 0.6 is 0 Å². The van der Waals surface area contributed by atoms with Crippen molar-refractivity contribution in [2.45, 2.75) is 97.6 Å². The minimum atomic E-state index is 0.262. The predicted octanol–water partition coefficient (Wildman–Crippen LogP) is 4.57. The van der Waals surface area contributed by atoms with E-state index in [-0.39, 0.29) is 5.54 Å². The van der Waals surface area contributed by atoms with Gasteiger partial charge in [-0.25, -0.2) is 0 Å². The third-order valence-electron chi connectivity index (χ3n) is 5.63. The van der Waals surface area contributed by atoms with E-state index in [1.54, 1.807) is 0 Å². The minimum absolute atomic E-state index is 0.262. The molecule has 2 nitrogen and oxygen atoms in total. The van der Waals surface area contributed by atoms with E-state index in [1.807, 2.05) is 0 Å². The summed E-state index contributed by atoms with van der Waals surface area (Å²) in [5.41, 5.74) is 7.08. The second kappa shape index (κ2) is 7.79. The third-order valence-corrected chi connectivity index (χ3v) is 5.63. The lowest BCUT2D eigenvalue weighted by molar-refractivity contribution is 0.0360. The van der Waals surface area contributed by atoms with Gasteiger partial charge >= 0.3 is 0 Å². The molecule has 1 aliphatic rings. The highest BCUT2D eigenvalue weighted by Crippen LogP contribution is 2.41. The summed E-state index contributed by atoms with van der Waals surface area (Å²) in [5.74, 6) is 0. The molecule has 0 heterocycles. The zero-order valence-corrected chi connectivity index (χ0v) is 14.7. The van der Waals surface area contributed by atoms with Crippen LogP contribution in [0.5, 0.6) is 0 Å². The molecule has 0 aromatic heterocycles. The molecule has 2 atom stereocenters. The van der Waals surface area contributed by atoms with Crippen LogP contribution in [0.2, 0.25) is 0 Å². The van der Waals surface area contributed by atoms with Crippen LogP contribution in [0.1, 0.15) is 86.0 Å². The summed E-state index contributed by atoms with van der Waals surface area (Å²) in [6.45, 7) is 13.9. The Morgan fingerprint density at radius 1 is 1.10 bits per heavy atom. The molecule has 0 aromatic carbocycles. The molecule has 0 amide bonds. The number of nitrogens with zero attached hydrogens (tertiary/aromatic N) is 1. The van der Waals surface area contributed by atoms with Crippen molar-refractivity contribution in [3.8, 4) is 0 Å². The lowest BCUT2D eigenvalue weighted by Crippen LogP contribution is -2.57. The van der Waals surface area contributed by atoms with Gasteiger partial charge in [0.15, 0.2) is 0 Å². The fraction of sp³-hybridized carbons (Fsp3) is 1.00. The van der Waals surface area contributed by atoms with Gasteiger partial charge < -0.3 is 5.73 Å². The molecule has 0 aliphatic heterocycles. The zero-order chi connectivity index (χ0) is 15.2. The van der Waals surface area contributed by atoms with Crippen molar-refractivity contribution in [3.63, 3.8) is 0 Å². The van der Waals surface area contributed by atoms with Gasteiger partial charge in [0.25, 0.3) is 0 Å². The van der Waals surface area contributed by atoms with Crippen LogP contribution in [-0.2, 0) is 0 Å². The number of hydrogen-bond donors (Lipinski definition) is 1. The highest BCUT2D eigenvalue weighted by atomic mass is 15.2. The van der Waals surface area contributed by atoms with E-state index in [0.29, 0.717) is 11.5 Å². The highest BCUT2D eigenvalue weighted by molar-refractivity contribution is 4.97. The first kappa shape index (κ1) is 18.0. The topological polar surface area (TPSA) is 29.3 Å². The Kier molecular flexibility index (Phi) is 7.00. The number of nitrogens with two attached hydrogens (primary N) is 1. The van der Waals surface area contributed by atoms with Crippen molar-refractivity contribution in [3.05, 3.63) is 0 Å². The summed E-state index contributed by atoms with van der Waals surface area (Å²) in [6.07, 6.45) is 10.4. The maximum atomic E-state index is 6.32. The van der Waals surface area contributed by atoms with Gasteiger partial charge in [-0.1, -0.05) is 40.5 Å². The van der Waals surface area contributed by atoms with Gasteiger partial charge in [0.05, 0.1) is 0 Å². The van der Waals surface area contributed by atoms with E-state index in [0.717, 1.165) is 6.54 Å². The van der Waals surface area contributed by atoms with Gasteiger partial charge in [0.2, 0.25) is 0 Å². The van der Waals surface area contributed by atoms with Gasteiger partial charge in [0.1, 0.15) is 0 Å². The average Bonchev–Trinajstić information content (AvgIpc) is 2.58. The SMILES string of the molecule is CCCCN(C(C)CC)C1(CN)CCCC(C)(C)CC1. The van der Waals surface area contributed by atoms with Crippen LogP contribution < -0.4 is 5.73 Å². The summed E-state index contributed by atoms with van der Waals surface area (Å²) in [5, 5.41) is 0. The maximum Gasteiger partial charge on any atom is 0.0334 e. The van der Waals surface area contributed by atoms with Crippen molar-refractivity contribution in [1.82, 2.24) is 4.90 Å². The van der Waals surface area contributed by atoms with Gasteiger partial charge in [-0.05, 0) is 57.4 Å². The Morgan fingerprint density at radius 2 is 1.80 bits per heavy atom. The molecular weight excluding hydrogens is 244 g/mol. The monoisotopic (exact) mass is 282 g/mol. The third kappa shape index (κ3) is 4.46. The van der Waals surface area contributed by atoms with E-state index in [2.05, 4.69) is 39.5 Å². The van der Waals surface area contributed by atoms with Crippen LogP contribution in [0.15, 0.2) is 0 Å². The van der Waals surface area contributed by atoms with Crippen molar-refractivity contribution < 1.29 is 0 Å². The fourth-order valence-corrected chi connectivity index (χ4v) is 3.80. The molecule has 1 saturated carbocycles. The second-order valence-electron chi connectivity index (χ2n) is 7.75. The number of unbranched alkanes of at least 4 members (excludes halogenated alkanes) is 1. The zero-order valence-electron chi connectivity index (χ0n) is 14.7. The first-order valence-electron chi connectivity index (χ1n) is 8.87. The number of hydrogen-bond acceptors (Lipinski definition) is 2. The second-order valence-corrected chi connectivity index (χ2v) is 7.75. The number of rotatable bonds is 7. The highest BCUT2D eigenvalue weighted by Gasteiger charge is 2.40. The van der Waals surface area contributed by atoms with Crippen LogP contribution in [0.25, 0.3) is 0 Å². The molecule has 20 heavy (non-hydrogen) atoms. The Hall–Kier alpha value is -0.0800. The normalized spacial score (nSPS) is 28.4. The van der Waals surface area contributed by atoms with E-state index >= 15 is 0 Å². The largest absolute Gasteiger partial charge is 0.329 e. The molecule has 120 valence electrons. The first-order chi connectivity index (χ1) is 9.40. The van der Waals surface area contributed by atoms with E-state index in [9.17, 15) is 0 Å². The summed E-state index contributed by atoms with van der Waals surface area (Å²) in [6, 6.07) is 0.659. The minimum Gasteiger partial charge on any atom is -0.329 e. The van der Waals surface area contributed by atoms with Crippen LogP contribution in [0.3, 0.4) is 0 Å². The van der Waals surface area contributed by atoms with Crippen LogP contribution in [0.4, 0.5) is 0 Å². The first-order valence-corrected chi connectivity index (χ1v) is 8.87. The Balaban J connectivity index is 2.91. The summed E-state index contributed by atoms with van der Waals surface area (Å²) in [4.78, 5) is 2.78.